The monoisotopic (exact) mass is 373 g/mol. The van der Waals surface area contributed by atoms with Gasteiger partial charge in [-0.2, -0.15) is 0 Å². The predicted molar refractivity (Wildman–Crippen MR) is 109 cm³/mol. The summed E-state index contributed by atoms with van der Waals surface area (Å²) < 4.78 is 5.80. The van der Waals surface area contributed by atoms with Gasteiger partial charge in [0.05, 0.1) is 6.61 Å². The molecule has 27 heavy (non-hydrogen) atoms. The number of hydrogen-bond acceptors (Lipinski definition) is 4. The summed E-state index contributed by atoms with van der Waals surface area (Å²) in [6.07, 6.45) is 7.03. The Hall–Kier alpha value is -1.59. The van der Waals surface area contributed by atoms with Crippen molar-refractivity contribution in [3.63, 3.8) is 0 Å². The van der Waals surface area contributed by atoms with Crippen LogP contribution >= 0.6 is 0 Å². The highest BCUT2D eigenvalue weighted by Gasteiger charge is 2.31. The van der Waals surface area contributed by atoms with Gasteiger partial charge in [0.1, 0.15) is 5.75 Å². The van der Waals surface area contributed by atoms with Crippen molar-refractivity contribution in [1.82, 2.24) is 15.1 Å². The number of ether oxygens (including phenoxy) is 1. The average Bonchev–Trinajstić information content (AvgIpc) is 3.37. The largest absolute Gasteiger partial charge is 0.494 e. The molecule has 150 valence electrons. The van der Waals surface area contributed by atoms with E-state index in [1.807, 2.05) is 24.3 Å². The van der Waals surface area contributed by atoms with Crippen LogP contribution in [-0.4, -0.2) is 67.6 Å². The van der Waals surface area contributed by atoms with Crippen molar-refractivity contribution in [1.29, 1.82) is 0 Å². The SMILES string of the molecule is CCNCCCCOc1ccc(C(=O)N2CCC[C@H]2CN2CCCC2)cc1. The lowest BCUT2D eigenvalue weighted by Gasteiger charge is -2.28. The standard InChI is InChI=1S/C22H35N3O2/c1-2-23-13-3-6-17-27-21-11-9-19(10-12-21)22(26)25-16-7-8-20(25)18-24-14-4-5-15-24/h9-12,20,23H,2-8,13-18H2,1H3/t20-/m0/s1. The fourth-order valence-corrected chi connectivity index (χ4v) is 4.13. The molecule has 0 aliphatic carbocycles. The lowest BCUT2D eigenvalue weighted by atomic mass is 10.1. The predicted octanol–water partition coefficient (Wildman–Crippen LogP) is 3.16. The number of carbonyl (C=O) groups is 1. The fraction of sp³-hybridized carbons (Fsp3) is 0.682. The molecular formula is C22H35N3O2. The van der Waals surface area contributed by atoms with Crippen LogP contribution in [0.15, 0.2) is 24.3 Å². The molecule has 1 N–H and O–H groups in total. The molecule has 1 aromatic rings. The van der Waals surface area contributed by atoms with E-state index in [9.17, 15) is 4.79 Å². The number of benzene rings is 1. The van der Waals surface area contributed by atoms with Gasteiger partial charge in [-0.1, -0.05) is 6.92 Å². The summed E-state index contributed by atoms with van der Waals surface area (Å²) in [7, 11) is 0. The van der Waals surface area contributed by atoms with E-state index in [4.69, 9.17) is 4.74 Å². The van der Waals surface area contributed by atoms with Crippen molar-refractivity contribution in [3.05, 3.63) is 29.8 Å². The van der Waals surface area contributed by atoms with Crippen molar-refractivity contribution < 1.29 is 9.53 Å². The molecule has 0 spiro atoms. The van der Waals surface area contributed by atoms with Gasteiger partial charge in [-0.05, 0) is 89.0 Å². The van der Waals surface area contributed by atoms with E-state index in [0.717, 1.165) is 69.8 Å². The first kappa shape index (κ1) is 20.2. The van der Waals surface area contributed by atoms with Crippen molar-refractivity contribution in [2.24, 2.45) is 0 Å². The van der Waals surface area contributed by atoms with Gasteiger partial charge in [0.25, 0.3) is 5.91 Å². The molecule has 2 aliphatic heterocycles. The quantitative estimate of drug-likeness (QED) is 0.640. The van der Waals surface area contributed by atoms with E-state index in [1.165, 1.54) is 25.9 Å². The molecule has 0 bridgehead atoms. The molecule has 2 heterocycles. The van der Waals surface area contributed by atoms with E-state index in [1.54, 1.807) is 0 Å². The maximum absolute atomic E-state index is 13.0. The number of nitrogens with one attached hydrogen (secondary N) is 1. The van der Waals surface area contributed by atoms with Gasteiger partial charge in [0.15, 0.2) is 0 Å². The molecular weight excluding hydrogens is 338 g/mol. The molecule has 2 fully saturated rings. The van der Waals surface area contributed by atoms with Gasteiger partial charge in [-0.25, -0.2) is 0 Å². The summed E-state index contributed by atoms with van der Waals surface area (Å²) in [6, 6.07) is 8.08. The molecule has 1 atom stereocenters. The Kier molecular flexibility index (Phi) is 7.96. The van der Waals surface area contributed by atoms with Gasteiger partial charge in [-0.15, -0.1) is 0 Å². The second-order valence-corrected chi connectivity index (χ2v) is 7.74. The van der Waals surface area contributed by atoms with E-state index in [2.05, 4.69) is 22.0 Å². The molecule has 1 aromatic carbocycles. The van der Waals surface area contributed by atoms with Gasteiger partial charge < -0.3 is 19.9 Å². The number of amides is 1. The number of nitrogens with zero attached hydrogens (tertiary/aromatic N) is 2. The van der Waals surface area contributed by atoms with Crippen LogP contribution < -0.4 is 10.1 Å². The molecule has 0 unspecified atom stereocenters. The van der Waals surface area contributed by atoms with Crippen LogP contribution in [0.3, 0.4) is 0 Å². The van der Waals surface area contributed by atoms with Crippen LogP contribution in [0.4, 0.5) is 0 Å². The zero-order valence-electron chi connectivity index (χ0n) is 16.8. The van der Waals surface area contributed by atoms with Crippen molar-refractivity contribution in [3.8, 4) is 5.75 Å². The highest BCUT2D eigenvalue weighted by molar-refractivity contribution is 5.94. The van der Waals surface area contributed by atoms with Crippen molar-refractivity contribution >= 4 is 5.91 Å². The molecule has 3 rings (SSSR count). The Morgan fingerprint density at radius 3 is 2.63 bits per heavy atom. The van der Waals surface area contributed by atoms with Crippen molar-refractivity contribution in [2.45, 2.75) is 51.5 Å². The average molecular weight is 374 g/mol. The summed E-state index contributed by atoms with van der Waals surface area (Å²) in [5.41, 5.74) is 0.780. The first-order chi connectivity index (χ1) is 13.3. The molecule has 1 amide bonds. The Labute approximate surface area is 164 Å². The summed E-state index contributed by atoms with van der Waals surface area (Å²) in [6.45, 7) is 9.23. The van der Waals surface area contributed by atoms with Crippen LogP contribution in [0.25, 0.3) is 0 Å². The summed E-state index contributed by atoms with van der Waals surface area (Å²) in [5, 5.41) is 3.32. The number of rotatable bonds is 10. The minimum absolute atomic E-state index is 0.175. The second-order valence-electron chi connectivity index (χ2n) is 7.74. The van der Waals surface area contributed by atoms with Gasteiger partial charge in [0.2, 0.25) is 0 Å². The third kappa shape index (κ3) is 5.94. The van der Waals surface area contributed by atoms with E-state index < -0.39 is 0 Å². The van der Waals surface area contributed by atoms with E-state index in [-0.39, 0.29) is 5.91 Å². The number of carbonyl (C=O) groups excluding carboxylic acids is 1. The highest BCUT2D eigenvalue weighted by Crippen LogP contribution is 2.23. The maximum atomic E-state index is 13.0. The highest BCUT2D eigenvalue weighted by atomic mass is 16.5. The minimum atomic E-state index is 0.175. The zero-order valence-corrected chi connectivity index (χ0v) is 16.8. The molecule has 5 nitrogen and oxygen atoms in total. The third-order valence-electron chi connectivity index (χ3n) is 5.67. The smallest absolute Gasteiger partial charge is 0.254 e. The number of likely N-dealkylation sites (tertiary alicyclic amines) is 2. The van der Waals surface area contributed by atoms with Gasteiger partial charge >= 0.3 is 0 Å². The fourth-order valence-electron chi connectivity index (χ4n) is 4.13. The van der Waals surface area contributed by atoms with Crippen LogP contribution in [0, 0.1) is 0 Å². The molecule has 2 saturated heterocycles. The number of hydrogen-bond donors (Lipinski definition) is 1. The van der Waals surface area contributed by atoms with Gasteiger partial charge in [0, 0.05) is 24.7 Å². The summed E-state index contributed by atoms with van der Waals surface area (Å²) in [5.74, 6) is 1.03. The van der Waals surface area contributed by atoms with Gasteiger partial charge in [-0.3, -0.25) is 4.79 Å². The maximum Gasteiger partial charge on any atom is 0.254 e. The minimum Gasteiger partial charge on any atom is -0.494 e. The molecule has 0 radical (unpaired) electrons. The van der Waals surface area contributed by atoms with Crippen LogP contribution in [0.1, 0.15) is 55.8 Å². The topological polar surface area (TPSA) is 44.8 Å². The van der Waals surface area contributed by atoms with E-state index in [0.29, 0.717) is 6.04 Å². The third-order valence-corrected chi connectivity index (χ3v) is 5.67. The second kappa shape index (κ2) is 10.7. The summed E-state index contributed by atoms with van der Waals surface area (Å²) in [4.78, 5) is 17.6. The lowest BCUT2D eigenvalue weighted by molar-refractivity contribution is 0.0708. The normalized spacial score (nSPS) is 20.3. The molecule has 0 saturated carbocycles. The van der Waals surface area contributed by atoms with Crippen LogP contribution in [0.5, 0.6) is 5.75 Å². The lowest BCUT2D eigenvalue weighted by Crippen LogP contribution is -2.42. The Bertz CT molecular complexity index is 569. The molecule has 5 heteroatoms. The molecule has 0 aromatic heterocycles. The number of unbranched alkanes of at least 4 members (excludes halogenated alkanes) is 1. The van der Waals surface area contributed by atoms with Crippen LogP contribution in [-0.2, 0) is 0 Å². The first-order valence-electron chi connectivity index (χ1n) is 10.7. The molecule has 2 aliphatic rings. The van der Waals surface area contributed by atoms with E-state index >= 15 is 0 Å². The van der Waals surface area contributed by atoms with Crippen molar-refractivity contribution in [2.75, 3.05) is 45.9 Å². The summed E-state index contributed by atoms with van der Waals surface area (Å²) >= 11 is 0. The Morgan fingerprint density at radius 2 is 1.89 bits per heavy atom. The van der Waals surface area contributed by atoms with Crippen LogP contribution in [0.2, 0.25) is 0 Å². The Morgan fingerprint density at radius 1 is 1.11 bits per heavy atom. The first-order valence-corrected chi connectivity index (χ1v) is 10.7. The Balaban J connectivity index is 1.46. The zero-order chi connectivity index (χ0) is 18.9.